The summed E-state index contributed by atoms with van der Waals surface area (Å²) in [5, 5.41) is 3.54. The fraction of sp³-hybridized carbons (Fsp3) is 0.562. The molecule has 1 heterocycles. The first-order chi connectivity index (χ1) is 8.91. The Morgan fingerprint density at radius 1 is 1.32 bits per heavy atom. The number of nitrogens with one attached hydrogen (secondary N) is 1. The largest absolute Gasteiger partial charge is 0.332 e. The molecule has 0 spiro atoms. The van der Waals surface area contributed by atoms with Gasteiger partial charge in [0.05, 0.1) is 6.04 Å². The van der Waals surface area contributed by atoms with Crippen LogP contribution < -0.4 is 5.32 Å². The van der Waals surface area contributed by atoms with Gasteiger partial charge in [0.1, 0.15) is 0 Å². The lowest BCUT2D eigenvalue weighted by atomic mass is 9.93. The average molecular weight is 260 g/mol. The molecule has 0 saturated carbocycles. The Labute approximate surface area is 116 Å². The molecular weight excluding hydrogens is 236 g/mol. The maximum Gasteiger partial charge on any atom is 0.225 e. The Morgan fingerprint density at radius 2 is 1.95 bits per heavy atom. The highest BCUT2D eigenvalue weighted by Gasteiger charge is 2.36. The van der Waals surface area contributed by atoms with Gasteiger partial charge < -0.3 is 10.2 Å². The minimum atomic E-state index is -0.0180. The Morgan fingerprint density at radius 3 is 2.53 bits per heavy atom. The van der Waals surface area contributed by atoms with Crippen LogP contribution in [0.5, 0.6) is 0 Å². The summed E-state index contributed by atoms with van der Waals surface area (Å²) < 4.78 is 0. The number of rotatable bonds is 2. The van der Waals surface area contributed by atoms with Gasteiger partial charge in [0.2, 0.25) is 5.91 Å². The molecule has 1 unspecified atom stereocenters. The maximum atomic E-state index is 12.5. The van der Waals surface area contributed by atoms with Crippen LogP contribution in [0.25, 0.3) is 0 Å². The SMILES string of the molecule is CC(C)C(=O)N1CC(C)(C)NCC1c1ccccc1. The van der Waals surface area contributed by atoms with Crippen molar-refractivity contribution in [3.8, 4) is 0 Å². The predicted molar refractivity (Wildman–Crippen MR) is 77.8 cm³/mol. The first-order valence-corrected chi connectivity index (χ1v) is 7.01. The van der Waals surface area contributed by atoms with Crippen molar-refractivity contribution in [2.45, 2.75) is 39.3 Å². The molecule has 1 aliphatic rings. The van der Waals surface area contributed by atoms with Crippen molar-refractivity contribution in [2.24, 2.45) is 5.92 Å². The third-order valence-electron chi connectivity index (χ3n) is 3.68. The normalized spacial score (nSPS) is 22.6. The summed E-state index contributed by atoms with van der Waals surface area (Å²) in [5.41, 5.74) is 1.19. The average Bonchev–Trinajstić information content (AvgIpc) is 2.37. The molecule has 1 aliphatic heterocycles. The molecule has 0 bridgehead atoms. The molecule has 1 amide bonds. The van der Waals surface area contributed by atoms with Crippen LogP contribution in [-0.4, -0.2) is 29.4 Å². The molecular formula is C16H24N2O. The molecule has 104 valence electrons. The molecule has 1 saturated heterocycles. The van der Waals surface area contributed by atoms with Crippen LogP contribution in [0.15, 0.2) is 30.3 Å². The van der Waals surface area contributed by atoms with E-state index in [2.05, 4.69) is 31.3 Å². The van der Waals surface area contributed by atoms with E-state index in [9.17, 15) is 4.79 Å². The van der Waals surface area contributed by atoms with Crippen molar-refractivity contribution in [3.63, 3.8) is 0 Å². The van der Waals surface area contributed by atoms with Crippen molar-refractivity contribution in [1.29, 1.82) is 0 Å². The second-order valence-corrected chi connectivity index (χ2v) is 6.31. The fourth-order valence-electron chi connectivity index (χ4n) is 2.61. The van der Waals surface area contributed by atoms with Gasteiger partial charge in [-0.3, -0.25) is 4.79 Å². The molecule has 1 fully saturated rings. The third-order valence-corrected chi connectivity index (χ3v) is 3.68. The zero-order chi connectivity index (χ0) is 14.0. The topological polar surface area (TPSA) is 32.3 Å². The van der Waals surface area contributed by atoms with E-state index in [4.69, 9.17) is 0 Å². The zero-order valence-electron chi connectivity index (χ0n) is 12.3. The second kappa shape index (κ2) is 5.33. The van der Waals surface area contributed by atoms with E-state index in [1.165, 1.54) is 5.56 Å². The van der Waals surface area contributed by atoms with Gasteiger partial charge in [-0.2, -0.15) is 0 Å². The Hall–Kier alpha value is -1.35. The molecule has 1 atom stereocenters. The van der Waals surface area contributed by atoms with Gasteiger partial charge in [-0.15, -0.1) is 0 Å². The van der Waals surface area contributed by atoms with E-state index in [1.54, 1.807) is 0 Å². The third kappa shape index (κ3) is 3.16. The quantitative estimate of drug-likeness (QED) is 0.886. The van der Waals surface area contributed by atoms with Crippen molar-refractivity contribution < 1.29 is 4.79 Å². The van der Waals surface area contributed by atoms with E-state index in [-0.39, 0.29) is 23.4 Å². The summed E-state index contributed by atoms with van der Waals surface area (Å²) in [7, 11) is 0. The number of hydrogen-bond acceptors (Lipinski definition) is 2. The molecule has 3 heteroatoms. The minimum Gasteiger partial charge on any atom is -0.332 e. The van der Waals surface area contributed by atoms with Crippen molar-refractivity contribution >= 4 is 5.91 Å². The Kier molecular flexibility index (Phi) is 3.95. The Balaban J connectivity index is 2.28. The summed E-state index contributed by atoms with van der Waals surface area (Å²) in [4.78, 5) is 14.5. The number of carbonyl (C=O) groups excluding carboxylic acids is 1. The maximum absolute atomic E-state index is 12.5. The van der Waals surface area contributed by atoms with Crippen LogP contribution in [0.3, 0.4) is 0 Å². The molecule has 1 N–H and O–H groups in total. The summed E-state index contributed by atoms with van der Waals surface area (Å²) in [5.74, 6) is 0.281. The van der Waals surface area contributed by atoms with Gasteiger partial charge in [0, 0.05) is 24.5 Å². The predicted octanol–water partition coefficient (Wildman–Crippen LogP) is 2.59. The van der Waals surface area contributed by atoms with E-state index in [1.807, 2.05) is 36.9 Å². The summed E-state index contributed by atoms with van der Waals surface area (Å²) in [6.45, 7) is 9.81. The minimum absolute atomic E-state index is 0.0180. The van der Waals surface area contributed by atoms with Crippen LogP contribution in [0, 0.1) is 5.92 Å². The number of amides is 1. The molecule has 0 aliphatic carbocycles. The van der Waals surface area contributed by atoms with E-state index in [0.717, 1.165) is 13.1 Å². The molecule has 2 rings (SSSR count). The lowest BCUT2D eigenvalue weighted by molar-refractivity contribution is -0.139. The van der Waals surface area contributed by atoms with Gasteiger partial charge in [-0.25, -0.2) is 0 Å². The van der Waals surface area contributed by atoms with Gasteiger partial charge in [-0.05, 0) is 19.4 Å². The Bertz CT molecular complexity index is 439. The first kappa shape index (κ1) is 14.1. The molecule has 19 heavy (non-hydrogen) atoms. The summed E-state index contributed by atoms with van der Waals surface area (Å²) in [6.07, 6.45) is 0. The molecule has 0 aromatic heterocycles. The number of hydrogen-bond donors (Lipinski definition) is 1. The van der Waals surface area contributed by atoms with E-state index < -0.39 is 0 Å². The number of nitrogens with zero attached hydrogens (tertiary/aromatic N) is 1. The summed E-state index contributed by atoms with van der Waals surface area (Å²) in [6, 6.07) is 10.4. The highest BCUT2D eigenvalue weighted by molar-refractivity contribution is 5.79. The molecule has 1 aromatic carbocycles. The van der Waals surface area contributed by atoms with Crippen LogP contribution in [0.4, 0.5) is 0 Å². The zero-order valence-corrected chi connectivity index (χ0v) is 12.3. The van der Waals surface area contributed by atoms with Crippen molar-refractivity contribution in [1.82, 2.24) is 10.2 Å². The van der Waals surface area contributed by atoms with E-state index >= 15 is 0 Å². The lowest BCUT2D eigenvalue weighted by Gasteiger charge is -2.45. The molecule has 1 aromatic rings. The smallest absolute Gasteiger partial charge is 0.225 e. The van der Waals surface area contributed by atoms with Crippen LogP contribution in [0.2, 0.25) is 0 Å². The highest BCUT2D eigenvalue weighted by Crippen LogP contribution is 2.28. The molecule has 0 radical (unpaired) electrons. The van der Waals surface area contributed by atoms with Gasteiger partial charge in [0.25, 0.3) is 0 Å². The van der Waals surface area contributed by atoms with Gasteiger partial charge in [0.15, 0.2) is 0 Å². The van der Waals surface area contributed by atoms with Gasteiger partial charge in [-0.1, -0.05) is 44.2 Å². The first-order valence-electron chi connectivity index (χ1n) is 7.01. The lowest BCUT2D eigenvalue weighted by Crippen LogP contribution is -2.60. The monoisotopic (exact) mass is 260 g/mol. The van der Waals surface area contributed by atoms with E-state index in [0.29, 0.717) is 0 Å². The van der Waals surface area contributed by atoms with Crippen LogP contribution >= 0.6 is 0 Å². The summed E-state index contributed by atoms with van der Waals surface area (Å²) >= 11 is 0. The number of piperazine rings is 1. The number of benzene rings is 1. The van der Waals surface area contributed by atoms with Crippen molar-refractivity contribution in [3.05, 3.63) is 35.9 Å². The fourth-order valence-corrected chi connectivity index (χ4v) is 2.61. The molecule has 3 nitrogen and oxygen atoms in total. The van der Waals surface area contributed by atoms with Gasteiger partial charge >= 0.3 is 0 Å². The van der Waals surface area contributed by atoms with Crippen LogP contribution in [0.1, 0.15) is 39.3 Å². The number of carbonyl (C=O) groups is 1. The standard InChI is InChI=1S/C16H24N2O/c1-12(2)15(19)18-11-16(3,4)17-10-14(18)13-8-6-5-7-9-13/h5-9,12,14,17H,10-11H2,1-4H3. The second-order valence-electron chi connectivity index (χ2n) is 6.31. The highest BCUT2D eigenvalue weighted by atomic mass is 16.2. The van der Waals surface area contributed by atoms with Crippen molar-refractivity contribution in [2.75, 3.05) is 13.1 Å². The van der Waals surface area contributed by atoms with Crippen LogP contribution in [-0.2, 0) is 4.79 Å².